The van der Waals surface area contributed by atoms with E-state index in [2.05, 4.69) is 28.4 Å². The molecule has 0 aliphatic carbocycles. The van der Waals surface area contributed by atoms with Gasteiger partial charge in [0.05, 0.1) is 16.8 Å². The third kappa shape index (κ3) is 2.25. The number of nitrogen functional groups attached to an aromatic ring is 1. The molecule has 0 saturated carbocycles. The Morgan fingerprint density at radius 3 is 2.75 bits per heavy atom. The van der Waals surface area contributed by atoms with Gasteiger partial charge in [0.15, 0.2) is 0 Å². The normalized spacial score (nSPS) is 13.5. The number of amides is 1. The number of rotatable bonds is 3. The summed E-state index contributed by atoms with van der Waals surface area (Å²) in [5.41, 5.74) is 5.68. The molecule has 1 aliphatic rings. The molecule has 0 spiro atoms. The lowest BCUT2D eigenvalue weighted by molar-refractivity contribution is 0.0966. The molecule has 0 fully saturated rings. The van der Waals surface area contributed by atoms with Crippen molar-refractivity contribution < 1.29 is 4.79 Å². The van der Waals surface area contributed by atoms with Crippen LogP contribution >= 0.6 is 0 Å². The van der Waals surface area contributed by atoms with E-state index in [0.717, 1.165) is 39.8 Å². The minimum atomic E-state index is -0.0262. The highest BCUT2D eigenvalue weighted by atomic mass is 16.1. The molecule has 1 aliphatic heterocycles. The molecule has 24 heavy (non-hydrogen) atoms. The van der Waals surface area contributed by atoms with Gasteiger partial charge >= 0.3 is 0 Å². The molecule has 1 amide bonds. The molecule has 2 heterocycles. The smallest absolute Gasteiger partial charge is 0.252 e. The van der Waals surface area contributed by atoms with Gasteiger partial charge in [0.25, 0.3) is 5.91 Å². The van der Waals surface area contributed by atoms with Crippen LogP contribution in [0.5, 0.6) is 0 Å². The Bertz CT molecular complexity index is 955. The maximum absolute atomic E-state index is 12.3. The number of carbonyl (C=O) groups is 1. The first-order valence-electron chi connectivity index (χ1n) is 7.99. The number of hydrogen-bond donors (Lipinski definition) is 2. The number of nitrogens with zero attached hydrogens (tertiary/aromatic N) is 2. The number of hydrogen-bond acceptors (Lipinski definition) is 3. The quantitative estimate of drug-likeness (QED) is 0.728. The molecule has 0 bridgehead atoms. The summed E-state index contributed by atoms with van der Waals surface area (Å²) in [6, 6.07) is 14.2. The van der Waals surface area contributed by atoms with Gasteiger partial charge in [0.2, 0.25) is 0 Å². The van der Waals surface area contributed by atoms with Gasteiger partial charge in [0.1, 0.15) is 0 Å². The van der Waals surface area contributed by atoms with Crippen molar-refractivity contribution in [1.82, 2.24) is 14.9 Å². The van der Waals surface area contributed by atoms with Gasteiger partial charge < -0.3 is 16.1 Å². The van der Waals surface area contributed by atoms with Crippen LogP contribution in [0.4, 0.5) is 0 Å². The maximum Gasteiger partial charge on any atom is 0.252 e. The number of nitrogens with one attached hydrogen (secondary N) is 1. The van der Waals surface area contributed by atoms with Crippen LogP contribution < -0.4 is 11.2 Å². The standard InChI is InChI=1S/C19H20N4O/c1-22(2)11-12-7-14-10-21-19(24)18(14)15(8-12)17-9-13-5-3-4-6-16(13)23(17)20/h3-9H,10-11,20H2,1-2H3,(H,21,24). The van der Waals surface area contributed by atoms with E-state index in [-0.39, 0.29) is 5.91 Å². The second-order valence-electron chi connectivity index (χ2n) is 6.56. The number of para-hydroxylation sites is 1. The van der Waals surface area contributed by atoms with Crippen molar-refractivity contribution in [3.8, 4) is 11.3 Å². The molecular weight excluding hydrogens is 300 g/mol. The fourth-order valence-corrected chi connectivity index (χ4v) is 3.48. The highest BCUT2D eigenvalue weighted by Gasteiger charge is 2.26. The van der Waals surface area contributed by atoms with Crippen LogP contribution in [0.2, 0.25) is 0 Å². The van der Waals surface area contributed by atoms with Gasteiger partial charge in [-0.3, -0.25) is 9.47 Å². The first-order valence-corrected chi connectivity index (χ1v) is 7.99. The fourth-order valence-electron chi connectivity index (χ4n) is 3.48. The molecule has 5 heteroatoms. The number of benzene rings is 2. The second-order valence-corrected chi connectivity index (χ2v) is 6.56. The lowest BCUT2D eigenvalue weighted by Gasteiger charge is -2.14. The highest BCUT2D eigenvalue weighted by molar-refractivity contribution is 6.05. The Morgan fingerprint density at radius 2 is 2.00 bits per heavy atom. The predicted octanol–water partition coefficient (Wildman–Crippen LogP) is 2.33. The van der Waals surface area contributed by atoms with Crippen LogP contribution in [0.1, 0.15) is 21.5 Å². The summed E-state index contributed by atoms with van der Waals surface area (Å²) in [5, 5.41) is 4.00. The van der Waals surface area contributed by atoms with Crippen molar-refractivity contribution in [1.29, 1.82) is 0 Å². The van der Waals surface area contributed by atoms with Crippen LogP contribution in [0, 0.1) is 0 Å². The van der Waals surface area contributed by atoms with Crippen LogP contribution in [-0.4, -0.2) is 29.6 Å². The third-order valence-corrected chi connectivity index (χ3v) is 4.47. The molecule has 1 aromatic heterocycles. The monoisotopic (exact) mass is 320 g/mol. The Kier molecular flexibility index (Phi) is 3.32. The average Bonchev–Trinajstić information content (AvgIpc) is 3.08. The fraction of sp³-hybridized carbons (Fsp3) is 0.211. The van der Waals surface area contributed by atoms with Crippen molar-refractivity contribution in [3.05, 3.63) is 59.2 Å². The number of aromatic nitrogens is 1. The Balaban J connectivity index is 1.97. The first-order chi connectivity index (χ1) is 11.5. The van der Waals surface area contributed by atoms with Crippen LogP contribution in [0.3, 0.4) is 0 Å². The number of carbonyl (C=O) groups excluding carboxylic acids is 1. The molecule has 2 aromatic carbocycles. The molecule has 0 saturated heterocycles. The lowest BCUT2D eigenvalue weighted by Crippen LogP contribution is -2.15. The van der Waals surface area contributed by atoms with Gasteiger partial charge in [-0.2, -0.15) is 0 Å². The topological polar surface area (TPSA) is 63.3 Å². The Hall–Kier alpha value is -2.79. The number of fused-ring (bicyclic) bond motifs is 2. The summed E-state index contributed by atoms with van der Waals surface area (Å²) in [5.74, 6) is 6.31. The van der Waals surface area contributed by atoms with E-state index < -0.39 is 0 Å². The first kappa shape index (κ1) is 14.8. The highest BCUT2D eigenvalue weighted by Crippen LogP contribution is 2.33. The second kappa shape index (κ2) is 5.39. The third-order valence-electron chi connectivity index (χ3n) is 4.47. The molecule has 3 N–H and O–H groups in total. The largest absolute Gasteiger partial charge is 0.348 e. The summed E-state index contributed by atoms with van der Waals surface area (Å²) in [7, 11) is 4.08. The van der Waals surface area contributed by atoms with Crippen LogP contribution in [0.15, 0.2) is 42.5 Å². The lowest BCUT2D eigenvalue weighted by atomic mass is 9.96. The molecule has 0 radical (unpaired) electrons. The molecule has 4 rings (SSSR count). The average molecular weight is 320 g/mol. The Labute approximate surface area is 140 Å². The molecule has 0 unspecified atom stereocenters. The van der Waals surface area contributed by atoms with E-state index >= 15 is 0 Å². The summed E-state index contributed by atoms with van der Waals surface area (Å²) < 4.78 is 1.68. The Morgan fingerprint density at radius 1 is 1.21 bits per heavy atom. The molecule has 3 aromatic rings. The van der Waals surface area contributed by atoms with E-state index in [4.69, 9.17) is 5.84 Å². The zero-order valence-electron chi connectivity index (χ0n) is 13.8. The van der Waals surface area contributed by atoms with Crippen molar-refractivity contribution in [3.63, 3.8) is 0 Å². The summed E-state index contributed by atoms with van der Waals surface area (Å²) in [4.78, 5) is 14.5. The van der Waals surface area contributed by atoms with E-state index in [9.17, 15) is 4.79 Å². The zero-order valence-corrected chi connectivity index (χ0v) is 13.8. The minimum absolute atomic E-state index is 0.0262. The molecule has 0 atom stereocenters. The van der Waals surface area contributed by atoms with Crippen molar-refractivity contribution in [2.24, 2.45) is 0 Å². The van der Waals surface area contributed by atoms with E-state index in [1.54, 1.807) is 4.68 Å². The predicted molar refractivity (Wildman–Crippen MR) is 96.1 cm³/mol. The zero-order chi connectivity index (χ0) is 16.8. The maximum atomic E-state index is 12.3. The van der Waals surface area contributed by atoms with E-state index in [1.807, 2.05) is 38.4 Å². The SMILES string of the molecule is CN(C)Cc1cc2c(c(-c3cc4ccccc4n3N)c1)C(=O)NC2. The molecule has 122 valence electrons. The summed E-state index contributed by atoms with van der Waals surface area (Å²) >= 11 is 0. The van der Waals surface area contributed by atoms with Crippen molar-refractivity contribution in [2.45, 2.75) is 13.1 Å². The molecule has 5 nitrogen and oxygen atoms in total. The van der Waals surface area contributed by atoms with Gasteiger partial charge in [-0.15, -0.1) is 0 Å². The minimum Gasteiger partial charge on any atom is -0.348 e. The van der Waals surface area contributed by atoms with Crippen LogP contribution in [-0.2, 0) is 13.1 Å². The van der Waals surface area contributed by atoms with Crippen molar-refractivity contribution >= 4 is 16.8 Å². The van der Waals surface area contributed by atoms with Gasteiger partial charge in [0, 0.05) is 24.0 Å². The van der Waals surface area contributed by atoms with E-state index in [1.165, 1.54) is 5.56 Å². The van der Waals surface area contributed by atoms with Crippen molar-refractivity contribution in [2.75, 3.05) is 19.9 Å². The van der Waals surface area contributed by atoms with Gasteiger partial charge in [-0.25, -0.2) is 0 Å². The number of nitrogens with two attached hydrogens (primary N) is 1. The molecular formula is C19H20N4O. The van der Waals surface area contributed by atoms with Gasteiger partial charge in [-0.05, 0) is 43.4 Å². The summed E-state index contributed by atoms with van der Waals surface area (Å²) in [6.45, 7) is 1.40. The summed E-state index contributed by atoms with van der Waals surface area (Å²) in [6.07, 6.45) is 0. The van der Waals surface area contributed by atoms with E-state index in [0.29, 0.717) is 6.54 Å². The van der Waals surface area contributed by atoms with Gasteiger partial charge in [-0.1, -0.05) is 24.3 Å². The van der Waals surface area contributed by atoms with Crippen LogP contribution in [0.25, 0.3) is 22.2 Å².